The molecule has 12 nitrogen and oxygen atoms in total. The van der Waals surface area contributed by atoms with Gasteiger partial charge in [0.05, 0.1) is 50.1 Å². The molecule has 0 spiro atoms. The quantitative estimate of drug-likeness (QED) is 0.195. The lowest BCUT2D eigenvalue weighted by atomic mass is 9.86. The van der Waals surface area contributed by atoms with E-state index < -0.39 is 60.1 Å². The minimum Gasteiger partial charge on any atom is -0.481 e. The van der Waals surface area contributed by atoms with Crippen LogP contribution in [0.15, 0.2) is 0 Å². The topological polar surface area (TPSA) is 186 Å². The van der Waals surface area contributed by atoms with Crippen LogP contribution in [0.5, 0.6) is 0 Å². The monoisotopic (exact) mass is 476 g/mol. The van der Waals surface area contributed by atoms with Crippen LogP contribution in [0, 0.1) is 0 Å². The maximum Gasteiger partial charge on any atom is 0.309 e. The highest BCUT2D eigenvalue weighted by atomic mass is 16.6. The Morgan fingerprint density at radius 3 is 1.55 bits per heavy atom. The van der Waals surface area contributed by atoms with Crippen LogP contribution in [0.1, 0.15) is 57.8 Å². The first-order chi connectivity index (χ1) is 15.5. The summed E-state index contributed by atoms with van der Waals surface area (Å²) in [5.41, 5.74) is -3.20. The third-order valence-electron chi connectivity index (χ3n) is 5.46. The Labute approximate surface area is 190 Å². The Morgan fingerprint density at radius 1 is 0.788 bits per heavy atom. The molecule has 2 rings (SSSR count). The summed E-state index contributed by atoms with van der Waals surface area (Å²) in [6, 6.07) is 0. The Bertz CT molecular complexity index is 643. The van der Waals surface area contributed by atoms with E-state index in [-0.39, 0.29) is 38.9 Å². The summed E-state index contributed by atoms with van der Waals surface area (Å²) in [6.45, 7) is 1.27. The zero-order valence-corrected chi connectivity index (χ0v) is 18.4. The van der Waals surface area contributed by atoms with Crippen molar-refractivity contribution in [2.75, 3.05) is 26.4 Å². The van der Waals surface area contributed by atoms with E-state index in [0.717, 1.165) is 0 Å². The molecular weight excluding hydrogens is 444 g/mol. The van der Waals surface area contributed by atoms with E-state index in [1.165, 1.54) is 0 Å². The fourth-order valence-corrected chi connectivity index (χ4v) is 4.12. The van der Waals surface area contributed by atoms with Crippen molar-refractivity contribution >= 4 is 23.9 Å². The van der Waals surface area contributed by atoms with Crippen LogP contribution < -0.4 is 0 Å². The van der Waals surface area contributed by atoms with Gasteiger partial charge in [-0.25, -0.2) is 0 Å². The Hall–Kier alpha value is -2.28. The standard InChI is InChI=1S/C21H32O12/c22-16(23)10-20(28)8-14(32-18(26)12-20)2-6-30-4-1-5-31-7-3-15-9-21(29,11-17(24)25)13-19(27)33-15/h14-15,28-29H,1-13H2,(H,22,23)(H,24,25). The number of carboxylic acid groups (broad SMARTS) is 2. The second kappa shape index (κ2) is 12.3. The molecular formula is C21H32O12. The van der Waals surface area contributed by atoms with Crippen LogP contribution in [0.3, 0.4) is 0 Å². The van der Waals surface area contributed by atoms with E-state index in [0.29, 0.717) is 32.5 Å². The second-order valence-corrected chi connectivity index (χ2v) is 8.73. The SMILES string of the molecule is O=C(O)CC1(O)CC(=O)OC(CCOCCCOCCC2CC(O)(CC(=O)O)CC(=O)O2)C1. The first-order valence-corrected chi connectivity index (χ1v) is 10.9. The number of aliphatic carboxylic acids is 2. The molecule has 0 aliphatic carbocycles. The van der Waals surface area contributed by atoms with E-state index in [9.17, 15) is 29.4 Å². The van der Waals surface area contributed by atoms with Gasteiger partial charge in [0.15, 0.2) is 0 Å². The predicted molar refractivity (Wildman–Crippen MR) is 108 cm³/mol. The molecule has 4 N–H and O–H groups in total. The molecule has 4 atom stereocenters. The van der Waals surface area contributed by atoms with Gasteiger partial charge in [-0.3, -0.25) is 19.2 Å². The molecule has 0 saturated carbocycles. The highest BCUT2D eigenvalue weighted by molar-refractivity contribution is 5.75. The highest BCUT2D eigenvalue weighted by Gasteiger charge is 2.42. The molecule has 0 aromatic carbocycles. The molecule has 2 heterocycles. The zero-order chi connectivity index (χ0) is 24.5. The van der Waals surface area contributed by atoms with Gasteiger partial charge in [-0.15, -0.1) is 0 Å². The van der Waals surface area contributed by atoms with Crippen LogP contribution in [0.4, 0.5) is 0 Å². The number of hydrogen-bond acceptors (Lipinski definition) is 10. The maximum absolute atomic E-state index is 11.6. The van der Waals surface area contributed by atoms with Crippen molar-refractivity contribution in [3.05, 3.63) is 0 Å². The molecule has 12 heteroatoms. The van der Waals surface area contributed by atoms with Crippen LogP contribution in [-0.2, 0) is 38.1 Å². The number of carboxylic acids is 2. The Balaban J connectivity index is 1.54. The van der Waals surface area contributed by atoms with Gasteiger partial charge >= 0.3 is 23.9 Å². The third kappa shape index (κ3) is 10.0. The van der Waals surface area contributed by atoms with Gasteiger partial charge < -0.3 is 39.4 Å². The van der Waals surface area contributed by atoms with Crippen LogP contribution >= 0.6 is 0 Å². The van der Waals surface area contributed by atoms with Gasteiger partial charge in [0.2, 0.25) is 0 Å². The number of carbonyl (C=O) groups excluding carboxylic acids is 2. The van der Waals surface area contributed by atoms with Gasteiger partial charge in [0, 0.05) is 38.9 Å². The molecule has 33 heavy (non-hydrogen) atoms. The molecule has 0 amide bonds. The number of esters is 2. The Morgan fingerprint density at radius 2 is 1.18 bits per heavy atom. The van der Waals surface area contributed by atoms with Crippen molar-refractivity contribution in [1.29, 1.82) is 0 Å². The van der Waals surface area contributed by atoms with Crippen molar-refractivity contribution in [2.24, 2.45) is 0 Å². The minimum atomic E-state index is -1.60. The summed E-state index contributed by atoms with van der Waals surface area (Å²) in [4.78, 5) is 45.0. The van der Waals surface area contributed by atoms with Gasteiger partial charge in [-0.1, -0.05) is 0 Å². The van der Waals surface area contributed by atoms with Gasteiger partial charge in [-0.05, 0) is 6.42 Å². The maximum atomic E-state index is 11.6. The first kappa shape index (κ1) is 27.0. The molecule has 188 valence electrons. The van der Waals surface area contributed by atoms with Gasteiger partial charge in [0.25, 0.3) is 0 Å². The normalized spacial score (nSPS) is 29.9. The highest BCUT2D eigenvalue weighted by Crippen LogP contribution is 2.31. The van der Waals surface area contributed by atoms with Crippen molar-refractivity contribution in [3.8, 4) is 0 Å². The Kier molecular flexibility index (Phi) is 10.0. The largest absolute Gasteiger partial charge is 0.481 e. The van der Waals surface area contributed by atoms with Crippen molar-refractivity contribution < 1.29 is 58.6 Å². The van der Waals surface area contributed by atoms with E-state index in [2.05, 4.69) is 0 Å². The fraction of sp³-hybridized carbons (Fsp3) is 0.810. The summed E-state index contributed by atoms with van der Waals surface area (Å²) >= 11 is 0. The lowest BCUT2D eigenvalue weighted by Crippen LogP contribution is -2.45. The number of hydrogen-bond donors (Lipinski definition) is 4. The molecule has 2 aliphatic heterocycles. The summed E-state index contributed by atoms with van der Waals surface area (Å²) in [5.74, 6) is -3.62. The van der Waals surface area contributed by atoms with Crippen molar-refractivity contribution in [2.45, 2.75) is 81.2 Å². The van der Waals surface area contributed by atoms with E-state index in [1.54, 1.807) is 0 Å². The van der Waals surface area contributed by atoms with Gasteiger partial charge in [-0.2, -0.15) is 0 Å². The smallest absolute Gasteiger partial charge is 0.309 e. The molecule has 2 aliphatic rings. The average Bonchev–Trinajstić information content (AvgIpc) is 2.63. The number of ether oxygens (including phenoxy) is 4. The molecule has 2 fully saturated rings. The number of carbonyl (C=O) groups is 4. The summed E-state index contributed by atoms with van der Waals surface area (Å²) in [7, 11) is 0. The molecule has 0 aromatic rings. The molecule has 0 bridgehead atoms. The third-order valence-corrected chi connectivity index (χ3v) is 5.46. The summed E-state index contributed by atoms with van der Waals surface area (Å²) < 4.78 is 21.2. The summed E-state index contributed by atoms with van der Waals surface area (Å²) in [6.07, 6.45) is -1.60. The molecule has 0 radical (unpaired) electrons. The van der Waals surface area contributed by atoms with Crippen molar-refractivity contribution in [3.63, 3.8) is 0 Å². The van der Waals surface area contributed by atoms with Crippen molar-refractivity contribution in [1.82, 2.24) is 0 Å². The molecule has 4 unspecified atom stereocenters. The summed E-state index contributed by atoms with van der Waals surface area (Å²) in [5, 5.41) is 38.3. The molecule has 2 saturated heterocycles. The average molecular weight is 476 g/mol. The zero-order valence-electron chi connectivity index (χ0n) is 18.4. The second-order valence-electron chi connectivity index (χ2n) is 8.73. The van der Waals surface area contributed by atoms with Crippen LogP contribution in [0.25, 0.3) is 0 Å². The van der Waals surface area contributed by atoms with E-state index in [1.807, 2.05) is 0 Å². The minimum absolute atomic E-state index is 0.0465. The predicted octanol–water partition coefficient (Wildman–Crippen LogP) is 0.0127. The fourth-order valence-electron chi connectivity index (χ4n) is 4.12. The van der Waals surface area contributed by atoms with E-state index in [4.69, 9.17) is 29.2 Å². The molecule has 0 aromatic heterocycles. The first-order valence-electron chi connectivity index (χ1n) is 10.9. The lowest BCUT2D eigenvalue weighted by Gasteiger charge is -2.35. The van der Waals surface area contributed by atoms with Crippen LogP contribution in [0.2, 0.25) is 0 Å². The number of cyclic esters (lactones) is 2. The lowest BCUT2D eigenvalue weighted by molar-refractivity contribution is -0.176. The number of rotatable bonds is 14. The van der Waals surface area contributed by atoms with E-state index >= 15 is 0 Å². The number of aliphatic hydroxyl groups is 2. The van der Waals surface area contributed by atoms with Gasteiger partial charge in [0.1, 0.15) is 12.2 Å². The van der Waals surface area contributed by atoms with Crippen LogP contribution in [-0.4, -0.2) is 94.1 Å².